The highest BCUT2D eigenvalue weighted by Gasteiger charge is 2.15. The first-order valence-corrected chi connectivity index (χ1v) is 7.62. The Bertz CT molecular complexity index is 458. The fourth-order valence-electron chi connectivity index (χ4n) is 1.81. The average Bonchev–Trinajstić information content (AvgIpc) is 2.54. The minimum Gasteiger partial charge on any atom is -0.342 e. The summed E-state index contributed by atoms with van der Waals surface area (Å²) in [5.74, 6) is -0.106. The van der Waals surface area contributed by atoms with Crippen LogP contribution in [0.2, 0.25) is 0 Å². The lowest BCUT2D eigenvalue weighted by molar-refractivity contribution is 0.0795. The van der Waals surface area contributed by atoms with Gasteiger partial charge in [0, 0.05) is 38.3 Å². The van der Waals surface area contributed by atoms with E-state index in [9.17, 15) is 9.59 Å². The number of hydrogen-bond acceptors (Lipinski definition) is 2. The second-order valence-corrected chi connectivity index (χ2v) is 4.63. The fraction of sp³-hybridized carbons (Fsp3) is 0.556. The van der Waals surface area contributed by atoms with Crippen LogP contribution in [0.4, 0.5) is 0 Å². The van der Waals surface area contributed by atoms with Crippen LogP contribution < -0.4 is 0 Å². The van der Waals surface area contributed by atoms with E-state index in [1.165, 1.54) is 0 Å². The third-order valence-corrected chi connectivity index (χ3v) is 3.08. The Morgan fingerprint density at radius 1 is 0.955 bits per heavy atom. The molecule has 0 saturated heterocycles. The van der Waals surface area contributed by atoms with Gasteiger partial charge in [0.05, 0.1) is 0 Å². The zero-order chi connectivity index (χ0) is 16.4. The number of nitrogens with zero attached hydrogens (tertiary/aromatic N) is 2. The monoisotopic (exact) mass is 308 g/mol. The molecule has 0 unspecified atom stereocenters. The number of carbonyl (C=O) groups excluding carboxylic acids is 2. The second-order valence-electron chi connectivity index (χ2n) is 4.63. The molecule has 0 spiro atoms. The lowest BCUT2D eigenvalue weighted by atomic mass is 10.1. The van der Waals surface area contributed by atoms with E-state index in [0.717, 1.165) is 6.42 Å². The summed E-state index contributed by atoms with van der Waals surface area (Å²) in [6, 6.07) is 6.91. The van der Waals surface area contributed by atoms with Gasteiger partial charge >= 0.3 is 0 Å². The molecular weight excluding hydrogens is 276 g/mol. The van der Waals surface area contributed by atoms with E-state index in [1.54, 1.807) is 48.2 Å². The van der Waals surface area contributed by atoms with Crippen molar-refractivity contribution in [2.24, 2.45) is 0 Å². The van der Waals surface area contributed by atoms with E-state index < -0.39 is 0 Å². The van der Waals surface area contributed by atoms with Gasteiger partial charge < -0.3 is 9.80 Å². The van der Waals surface area contributed by atoms with Crippen molar-refractivity contribution in [1.29, 1.82) is 0 Å². The van der Waals surface area contributed by atoms with E-state index in [1.807, 2.05) is 27.7 Å². The molecule has 1 aromatic carbocycles. The third kappa shape index (κ3) is 6.29. The molecule has 22 heavy (non-hydrogen) atoms. The predicted octanol–water partition coefficient (Wildman–Crippen LogP) is 3.92. The van der Waals surface area contributed by atoms with Gasteiger partial charge in [0.15, 0.2) is 0 Å². The lowest BCUT2D eigenvalue weighted by Crippen LogP contribution is -2.29. The van der Waals surface area contributed by atoms with Gasteiger partial charge in [-0.05, 0) is 31.5 Å². The highest BCUT2D eigenvalue weighted by Crippen LogP contribution is 2.10. The van der Waals surface area contributed by atoms with E-state index in [2.05, 4.69) is 0 Å². The van der Waals surface area contributed by atoms with Crippen LogP contribution >= 0.6 is 0 Å². The zero-order valence-corrected chi connectivity index (χ0v) is 14.1. The summed E-state index contributed by atoms with van der Waals surface area (Å²) in [7, 11) is 3.53. The van der Waals surface area contributed by atoms with Crippen molar-refractivity contribution in [3.05, 3.63) is 35.4 Å². The quantitative estimate of drug-likeness (QED) is 0.827. The SMILES string of the molecule is C.CC.CCCN(C)C(=O)c1cccc(C(=O)N(C)CC)c1. The Morgan fingerprint density at radius 3 is 1.82 bits per heavy atom. The van der Waals surface area contributed by atoms with Gasteiger partial charge in [0.2, 0.25) is 0 Å². The molecule has 0 heterocycles. The van der Waals surface area contributed by atoms with Gasteiger partial charge in [-0.2, -0.15) is 0 Å². The average molecular weight is 308 g/mol. The van der Waals surface area contributed by atoms with Gasteiger partial charge in [-0.25, -0.2) is 0 Å². The minimum absolute atomic E-state index is 0. The molecule has 0 aliphatic heterocycles. The molecule has 0 aliphatic carbocycles. The molecule has 0 aliphatic rings. The van der Waals surface area contributed by atoms with Crippen molar-refractivity contribution in [3.63, 3.8) is 0 Å². The molecule has 2 amide bonds. The van der Waals surface area contributed by atoms with Crippen molar-refractivity contribution < 1.29 is 9.59 Å². The summed E-state index contributed by atoms with van der Waals surface area (Å²) in [4.78, 5) is 27.5. The maximum Gasteiger partial charge on any atom is 0.253 e. The smallest absolute Gasteiger partial charge is 0.253 e. The van der Waals surface area contributed by atoms with Crippen LogP contribution in [-0.4, -0.2) is 48.8 Å². The predicted molar refractivity (Wildman–Crippen MR) is 94.4 cm³/mol. The largest absolute Gasteiger partial charge is 0.342 e. The fourth-order valence-corrected chi connectivity index (χ4v) is 1.81. The first kappa shape index (κ1) is 22.4. The minimum atomic E-state index is -0.0599. The molecule has 4 heteroatoms. The first-order chi connectivity index (χ1) is 10.0. The number of hydrogen-bond donors (Lipinski definition) is 0. The molecule has 0 saturated carbocycles. The maximum absolute atomic E-state index is 12.1. The van der Waals surface area contributed by atoms with Crippen molar-refractivity contribution in [2.45, 2.75) is 41.5 Å². The Hall–Kier alpha value is -1.84. The van der Waals surface area contributed by atoms with E-state index in [4.69, 9.17) is 0 Å². The zero-order valence-electron chi connectivity index (χ0n) is 14.1. The van der Waals surface area contributed by atoms with Crippen molar-refractivity contribution >= 4 is 11.8 Å². The summed E-state index contributed by atoms with van der Waals surface area (Å²) in [6.45, 7) is 9.31. The number of amides is 2. The van der Waals surface area contributed by atoms with Crippen molar-refractivity contribution in [2.75, 3.05) is 27.2 Å². The Morgan fingerprint density at radius 2 is 1.41 bits per heavy atom. The third-order valence-electron chi connectivity index (χ3n) is 3.08. The van der Waals surface area contributed by atoms with Crippen LogP contribution in [-0.2, 0) is 0 Å². The molecule has 0 atom stereocenters. The van der Waals surface area contributed by atoms with E-state index >= 15 is 0 Å². The summed E-state index contributed by atoms with van der Waals surface area (Å²) in [6.07, 6.45) is 0.916. The summed E-state index contributed by atoms with van der Waals surface area (Å²) < 4.78 is 0. The van der Waals surface area contributed by atoms with Gasteiger partial charge in [-0.15, -0.1) is 0 Å². The Kier molecular flexibility index (Phi) is 12.0. The maximum atomic E-state index is 12.1. The Balaban J connectivity index is 0. The van der Waals surface area contributed by atoms with Gasteiger partial charge in [-0.1, -0.05) is 34.3 Å². The van der Waals surface area contributed by atoms with Gasteiger partial charge in [0.1, 0.15) is 0 Å². The van der Waals surface area contributed by atoms with Gasteiger partial charge in [0.25, 0.3) is 11.8 Å². The summed E-state index contributed by atoms with van der Waals surface area (Å²) in [5, 5.41) is 0. The molecule has 1 rings (SSSR count). The molecular formula is C18H32N2O2. The van der Waals surface area contributed by atoms with Crippen LogP contribution in [0.25, 0.3) is 0 Å². The first-order valence-electron chi connectivity index (χ1n) is 7.62. The number of carbonyl (C=O) groups is 2. The molecule has 126 valence electrons. The van der Waals surface area contributed by atoms with E-state index in [0.29, 0.717) is 24.2 Å². The van der Waals surface area contributed by atoms with Crippen LogP contribution in [0.15, 0.2) is 24.3 Å². The molecule has 0 radical (unpaired) electrons. The van der Waals surface area contributed by atoms with Crippen LogP contribution in [0.3, 0.4) is 0 Å². The summed E-state index contributed by atoms with van der Waals surface area (Å²) in [5.41, 5.74) is 1.12. The number of rotatable bonds is 5. The molecule has 1 aromatic rings. The van der Waals surface area contributed by atoms with E-state index in [-0.39, 0.29) is 19.2 Å². The van der Waals surface area contributed by atoms with Crippen molar-refractivity contribution in [3.8, 4) is 0 Å². The highest BCUT2D eigenvalue weighted by molar-refractivity contribution is 5.99. The van der Waals surface area contributed by atoms with Gasteiger partial charge in [-0.3, -0.25) is 9.59 Å². The van der Waals surface area contributed by atoms with Crippen LogP contribution in [0, 0.1) is 0 Å². The molecule has 0 fully saturated rings. The standard InChI is InChI=1S/C15H22N2O2.C2H6.CH4/c1-5-10-17(4)15(19)13-9-7-8-12(11-13)14(18)16(3)6-2;1-2;/h7-9,11H,5-6,10H2,1-4H3;1-2H3;1H4. The number of benzene rings is 1. The molecule has 0 N–H and O–H groups in total. The second kappa shape index (κ2) is 11.8. The Labute approximate surface area is 136 Å². The molecule has 4 nitrogen and oxygen atoms in total. The van der Waals surface area contributed by atoms with Crippen LogP contribution in [0.5, 0.6) is 0 Å². The summed E-state index contributed by atoms with van der Waals surface area (Å²) >= 11 is 0. The lowest BCUT2D eigenvalue weighted by Gasteiger charge is -2.18. The molecule has 0 bridgehead atoms. The van der Waals surface area contributed by atoms with Crippen molar-refractivity contribution in [1.82, 2.24) is 9.80 Å². The molecule has 0 aromatic heterocycles. The topological polar surface area (TPSA) is 40.6 Å². The normalized spacial score (nSPS) is 9.00. The highest BCUT2D eigenvalue weighted by atomic mass is 16.2. The van der Waals surface area contributed by atoms with Crippen LogP contribution in [0.1, 0.15) is 62.3 Å².